The predicted octanol–water partition coefficient (Wildman–Crippen LogP) is 3.22. The standard InChI is InChI=1S/C15H12F3NO3/c16-15(17,18)12-7-4-8-13(19-12)21-10-22-14(20)9-11-5-2-1-3-6-11/h1-8H,9-10H2. The molecule has 1 heterocycles. The third-order valence-electron chi connectivity index (χ3n) is 2.63. The van der Waals surface area contributed by atoms with Crippen molar-refractivity contribution in [2.45, 2.75) is 12.6 Å². The molecule has 0 saturated carbocycles. The summed E-state index contributed by atoms with van der Waals surface area (Å²) in [5.41, 5.74) is -0.301. The van der Waals surface area contributed by atoms with E-state index in [4.69, 9.17) is 9.47 Å². The minimum absolute atomic E-state index is 0.0558. The molecule has 0 spiro atoms. The van der Waals surface area contributed by atoms with Crippen molar-refractivity contribution in [3.63, 3.8) is 0 Å². The van der Waals surface area contributed by atoms with Crippen LogP contribution in [0.15, 0.2) is 48.5 Å². The molecular formula is C15H12F3NO3. The number of carbonyl (C=O) groups excluding carboxylic acids is 1. The summed E-state index contributed by atoms with van der Waals surface area (Å²) < 4.78 is 47.1. The van der Waals surface area contributed by atoms with E-state index in [-0.39, 0.29) is 12.3 Å². The first-order valence-electron chi connectivity index (χ1n) is 6.32. The number of rotatable bonds is 5. The molecule has 0 aliphatic carbocycles. The highest BCUT2D eigenvalue weighted by Crippen LogP contribution is 2.28. The molecule has 0 amide bonds. The minimum Gasteiger partial charge on any atom is -0.440 e. The van der Waals surface area contributed by atoms with Crippen molar-refractivity contribution in [2.75, 3.05) is 6.79 Å². The summed E-state index contributed by atoms with van der Waals surface area (Å²) >= 11 is 0. The number of halogens is 3. The molecule has 7 heteroatoms. The molecule has 2 rings (SSSR count). The van der Waals surface area contributed by atoms with Crippen LogP contribution in [0.25, 0.3) is 0 Å². The zero-order chi connectivity index (χ0) is 16.0. The maximum Gasteiger partial charge on any atom is 0.433 e. The van der Waals surface area contributed by atoms with Gasteiger partial charge in [-0.1, -0.05) is 36.4 Å². The van der Waals surface area contributed by atoms with Gasteiger partial charge in [0.2, 0.25) is 12.7 Å². The van der Waals surface area contributed by atoms with Gasteiger partial charge in [-0.3, -0.25) is 4.79 Å². The first-order valence-corrected chi connectivity index (χ1v) is 6.32. The summed E-state index contributed by atoms with van der Waals surface area (Å²) in [6.07, 6.45) is -4.50. The predicted molar refractivity (Wildman–Crippen MR) is 71.0 cm³/mol. The molecule has 0 saturated heterocycles. The maximum absolute atomic E-state index is 12.5. The summed E-state index contributed by atoms with van der Waals surface area (Å²) in [7, 11) is 0. The van der Waals surface area contributed by atoms with Crippen molar-refractivity contribution in [3.8, 4) is 5.88 Å². The summed E-state index contributed by atoms with van der Waals surface area (Å²) in [4.78, 5) is 14.8. The van der Waals surface area contributed by atoms with Crippen molar-refractivity contribution in [1.82, 2.24) is 4.98 Å². The minimum atomic E-state index is -4.55. The van der Waals surface area contributed by atoms with Crippen LogP contribution in [-0.2, 0) is 22.1 Å². The SMILES string of the molecule is O=C(Cc1ccccc1)OCOc1cccc(C(F)(F)F)n1. The normalized spacial score (nSPS) is 11.0. The highest BCUT2D eigenvalue weighted by atomic mass is 19.4. The van der Waals surface area contributed by atoms with Gasteiger partial charge in [-0.2, -0.15) is 13.2 Å². The van der Waals surface area contributed by atoms with Crippen LogP contribution in [-0.4, -0.2) is 17.7 Å². The third kappa shape index (κ3) is 4.76. The Morgan fingerprint density at radius 2 is 1.77 bits per heavy atom. The van der Waals surface area contributed by atoms with Crippen molar-refractivity contribution in [3.05, 3.63) is 59.8 Å². The summed E-state index contributed by atoms with van der Waals surface area (Å²) in [6.45, 7) is -0.500. The first kappa shape index (κ1) is 15.8. The lowest BCUT2D eigenvalue weighted by Crippen LogP contribution is -2.14. The van der Waals surface area contributed by atoms with E-state index >= 15 is 0 Å². The molecule has 0 aliphatic rings. The smallest absolute Gasteiger partial charge is 0.433 e. The van der Waals surface area contributed by atoms with Crippen molar-refractivity contribution in [1.29, 1.82) is 0 Å². The van der Waals surface area contributed by atoms with E-state index in [0.717, 1.165) is 17.7 Å². The molecule has 2 aromatic rings. The Morgan fingerprint density at radius 3 is 2.45 bits per heavy atom. The van der Waals surface area contributed by atoms with Crippen LogP contribution in [0.2, 0.25) is 0 Å². The van der Waals surface area contributed by atoms with Crippen molar-refractivity contribution in [2.24, 2.45) is 0 Å². The summed E-state index contributed by atoms with van der Waals surface area (Å²) in [5, 5.41) is 0. The largest absolute Gasteiger partial charge is 0.440 e. The van der Waals surface area contributed by atoms with Crippen LogP contribution in [0.1, 0.15) is 11.3 Å². The fourth-order valence-electron chi connectivity index (χ4n) is 1.62. The van der Waals surface area contributed by atoms with Gasteiger partial charge in [-0.25, -0.2) is 4.98 Å². The number of carbonyl (C=O) groups is 1. The van der Waals surface area contributed by atoms with Gasteiger partial charge in [0.25, 0.3) is 0 Å². The zero-order valence-corrected chi connectivity index (χ0v) is 11.3. The van der Waals surface area contributed by atoms with E-state index in [9.17, 15) is 18.0 Å². The number of benzene rings is 1. The third-order valence-corrected chi connectivity index (χ3v) is 2.63. The topological polar surface area (TPSA) is 48.4 Å². The van der Waals surface area contributed by atoms with Crippen LogP contribution in [0.4, 0.5) is 13.2 Å². The number of esters is 1. The second-order valence-corrected chi connectivity index (χ2v) is 4.30. The maximum atomic E-state index is 12.5. The Hall–Kier alpha value is -2.57. The van der Waals surface area contributed by atoms with Crippen LogP contribution < -0.4 is 4.74 Å². The molecule has 0 atom stereocenters. The first-order chi connectivity index (χ1) is 10.4. The number of pyridine rings is 1. The summed E-state index contributed by atoms with van der Waals surface area (Å²) in [6, 6.07) is 12.1. The van der Waals surface area contributed by atoms with Gasteiger partial charge in [0.15, 0.2) is 0 Å². The Bertz CT molecular complexity index is 629. The monoisotopic (exact) mass is 311 g/mol. The molecule has 1 aromatic carbocycles. The van der Waals surface area contributed by atoms with Gasteiger partial charge in [-0.05, 0) is 11.6 Å². The summed E-state index contributed by atoms with van der Waals surface area (Å²) in [5.74, 6) is -0.805. The second kappa shape index (κ2) is 6.93. The Balaban J connectivity index is 1.82. The fraction of sp³-hybridized carbons (Fsp3) is 0.200. The zero-order valence-electron chi connectivity index (χ0n) is 11.3. The number of hydrogen-bond donors (Lipinski definition) is 0. The Kier molecular flexibility index (Phi) is 4.98. The van der Waals surface area contributed by atoms with Crippen molar-refractivity contribution < 1.29 is 27.4 Å². The lowest BCUT2D eigenvalue weighted by molar-refractivity contribution is -0.150. The quantitative estimate of drug-likeness (QED) is 0.628. The van der Waals surface area contributed by atoms with Crippen LogP contribution in [0, 0.1) is 0 Å². The number of nitrogens with zero attached hydrogens (tertiary/aromatic N) is 1. The van der Waals surface area contributed by atoms with E-state index < -0.39 is 24.6 Å². The molecular weight excluding hydrogens is 299 g/mol. The Morgan fingerprint density at radius 1 is 1.05 bits per heavy atom. The molecule has 0 aliphatic heterocycles. The van der Waals surface area contributed by atoms with Gasteiger partial charge in [-0.15, -0.1) is 0 Å². The van der Waals surface area contributed by atoms with Gasteiger partial charge < -0.3 is 9.47 Å². The van der Waals surface area contributed by atoms with E-state index in [0.29, 0.717) is 0 Å². The Labute approximate surface area is 124 Å². The average Bonchev–Trinajstić information content (AvgIpc) is 2.48. The highest BCUT2D eigenvalue weighted by Gasteiger charge is 2.32. The number of aromatic nitrogens is 1. The molecule has 0 radical (unpaired) electrons. The van der Waals surface area contributed by atoms with Gasteiger partial charge in [0.1, 0.15) is 5.69 Å². The van der Waals surface area contributed by atoms with Crippen molar-refractivity contribution >= 4 is 5.97 Å². The number of ether oxygens (including phenoxy) is 2. The van der Waals surface area contributed by atoms with E-state index in [1.165, 1.54) is 6.07 Å². The molecule has 22 heavy (non-hydrogen) atoms. The van der Waals surface area contributed by atoms with Crippen LogP contribution in [0.3, 0.4) is 0 Å². The second-order valence-electron chi connectivity index (χ2n) is 4.30. The molecule has 1 aromatic heterocycles. The van der Waals surface area contributed by atoms with E-state index in [1.54, 1.807) is 24.3 Å². The number of alkyl halides is 3. The number of hydrogen-bond acceptors (Lipinski definition) is 4. The molecule has 0 bridgehead atoms. The molecule has 0 unspecified atom stereocenters. The lowest BCUT2D eigenvalue weighted by atomic mass is 10.2. The lowest BCUT2D eigenvalue weighted by Gasteiger charge is -2.09. The van der Waals surface area contributed by atoms with Gasteiger partial charge >= 0.3 is 12.1 Å². The molecule has 4 nitrogen and oxygen atoms in total. The van der Waals surface area contributed by atoms with Crippen LogP contribution in [0.5, 0.6) is 5.88 Å². The van der Waals surface area contributed by atoms with E-state index in [1.807, 2.05) is 6.07 Å². The molecule has 0 N–H and O–H groups in total. The highest BCUT2D eigenvalue weighted by molar-refractivity contribution is 5.72. The molecule has 0 fully saturated rings. The molecule has 116 valence electrons. The van der Waals surface area contributed by atoms with E-state index in [2.05, 4.69) is 4.98 Å². The van der Waals surface area contributed by atoms with Crippen LogP contribution >= 0.6 is 0 Å². The fourth-order valence-corrected chi connectivity index (χ4v) is 1.62. The average molecular weight is 311 g/mol. The van der Waals surface area contributed by atoms with Gasteiger partial charge in [0, 0.05) is 6.07 Å². The van der Waals surface area contributed by atoms with Gasteiger partial charge in [0.05, 0.1) is 6.42 Å².